The zero-order chi connectivity index (χ0) is 22.1. The minimum Gasteiger partial charge on any atom is -0.484 e. The van der Waals surface area contributed by atoms with Crippen LogP contribution < -0.4 is 20.1 Å². The maximum Gasteiger partial charge on any atom is 0.262 e. The molecule has 30 heavy (non-hydrogen) atoms. The molecule has 0 aromatic heterocycles. The van der Waals surface area contributed by atoms with Gasteiger partial charge in [0.2, 0.25) is 0 Å². The fourth-order valence-electron chi connectivity index (χ4n) is 2.13. The quantitative estimate of drug-likeness (QED) is 0.566. The fourth-order valence-corrected chi connectivity index (χ4v) is 2.37. The van der Waals surface area contributed by atoms with E-state index in [9.17, 15) is 18.4 Å². The van der Waals surface area contributed by atoms with Crippen LogP contribution in [0.2, 0.25) is 10.0 Å². The van der Waals surface area contributed by atoms with Crippen molar-refractivity contribution in [1.29, 1.82) is 0 Å². The summed E-state index contributed by atoms with van der Waals surface area (Å²) in [6.07, 6.45) is 0.266. The van der Waals surface area contributed by atoms with Crippen LogP contribution in [0.25, 0.3) is 0 Å². The van der Waals surface area contributed by atoms with Crippen molar-refractivity contribution in [3.63, 3.8) is 0 Å². The molecule has 6 nitrogen and oxygen atoms in total. The van der Waals surface area contributed by atoms with Crippen molar-refractivity contribution in [2.45, 2.75) is 6.42 Å². The van der Waals surface area contributed by atoms with Gasteiger partial charge in [-0.3, -0.25) is 9.59 Å². The zero-order valence-corrected chi connectivity index (χ0v) is 17.2. The molecule has 0 aliphatic heterocycles. The molecule has 0 radical (unpaired) electrons. The van der Waals surface area contributed by atoms with Crippen molar-refractivity contribution >= 4 is 35.0 Å². The lowest BCUT2D eigenvalue weighted by molar-refractivity contribution is -0.123. The Hall–Kier alpha value is -2.84. The second kappa shape index (κ2) is 11.4. The minimum atomic E-state index is -0.653. The lowest BCUT2D eigenvalue weighted by Crippen LogP contribution is -2.32. The van der Waals surface area contributed by atoms with Crippen LogP contribution in [0.3, 0.4) is 0 Å². The number of nitrogens with one attached hydrogen (secondary N) is 2. The van der Waals surface area contributed by atoms with Gasteiger partial charge in [-0.2, -0.15) is 0 Å². The van der Waals surface area contributed by atoms with Gasteiger partial charge >= 0.3 is 0 Å². The highest BCUT2D eigenvalue weighted by Crippen LogP contribution is 2.21. The monoisotopic (exact) mass is 458 g/mol. The number of hydrogen-bond donors (Lipinski definition) is 2. The van der Waals surface area contributed by atoms with Gasteiger partial charge in [-0.05, 0) is 24.3 Å². The number of carbonyl (C=O) groups is 2. The van der Waals surface area contributed by atoms with Crippen molar-refractivity contribution in [3.8, 4) is 11.5 Å². The standard InChI is InChI=1S/C20H18Cl2F2N2O4/c1-12(26-20(28)11-30-14-3-5-16(22)18(24)9-14)6-7-25-19(27)10-29-13-2-4-15(21)17(23)8-13/h2-5,8-9H,1,6-7,10-11H2,(H,25,27)(H,26,28). The van der Waals surface area contributed by atoms with Crippen molar-refractivity contribution in [2.24, 2.45) is 0 Å². The van der Waals surface area contributed by atoms with E-state index in [0.717, 1.165) is 12.1 Å². The Balaban J connectivity index is 1.62. The van der Waals surface area contributed by atoms with Gasteiger partial charge in [0.25, 0.3) is 11.8 Å². The van der Waals surface area contributed by atoms with E-state index in [4.69, 9.17) is 32.7 Å². The Morgan fingerprint density at radius 3 is 1.90 bits per heavy atom. The molecule has 10 heteroatoms. The molecule has 0 aliphatic carbocycles. The van der Waals surface area contributed by atoms with Gasteiger partial charge in [0.05, 0.1) is 10.0 Å². The topological polar surface area (TPSA) is 76.7 Å². The molecule has 0 fully saturated rings. The Morgan fingerprint density at radius 1 is 0.900 bits per heavy atom. The number of halogens is 4. The van der Waals surface area contributed by atoms with Crippen LogP contribution >= 0.6 is 23.2 Å². The largest absolute Gasteiger partial charge is 0.484 e. The molecule has 160 valence electrons. The van der Waals surface area contributed by atoms with Crippen molar-refractivity contribution < 1.29 is 27.8 Å². The Morgan fingerprint density at radius 2 is 1.40 bits per heavy atom. The summed E-state index contributed by atoms with van der Waals surface area (Å²) in [5, 5.41) is 4.98. The van der Waals surface area contributed by atoms with Crippen molar-refractivity contribution in [1.82, 2.24) is 10.6 Å². The second-order valence-corrected chi connectivity index (χ2v) is 6.80. The van der Waals surface area contributed by atoms with Crippen LogP contribution in [0.15, 0.2) is 48.7 Å². The van der Waals surface area contributed by atoms with Gasteiger partial charge in [0, 0.05) is 30.8 Å². The summed E-state index contributed by atoms with van der Waals surface area (Å²) < 4.78 is 36.9. The Bertz CT molecular complexity index is 941. The predicted octanol–water partition coefficient (Wildman–Crippen LogP) is 3.87. The lowest BCUT2D eigenvalue weighted by atomic mass is 10.3. The van der Waals surface area contributed by atoms with E-state index >= 15 is 0 Å². The van der Waals surface area contributed by atoms with E-state index < -0.39 is 23.4 Å². The first-order valence-corrected chi connectivity index (χ1v) is 9.40. The van der Waals surface area contributed by atoms with Crippen molar-refractivity contribution in [2.75, 3.05) is 19.8 Å². The van der Waals surface area contributed by atoms with E-state index in [0.29, 0.717) is 5.70 Å². The lowest BCUT2D eigenvalue weighted by Gasteiger charge is -2.11. The smallest absolute Gasteiger partial charge is 0.262 e. The first-order chi connectivity index (χ1) is 14.2. The second-order valence-electron chi connectivity index (χ2n) is 5.98. The normalized spacial score (nSPS) is 10.3. The maximum atomic E-state index is 13.3. The van der Waals surface area contributed by atoms with Crippen LogP contribution in [0.1, 0.15) is 6.42 Å². The third-order valence-electron chi connectivity index (χ3n) is 3.59. The summed E-state index contributed by atoms with van der Waals surface area (Å²) in [7, 11) is 0. The summed E-state index contributed by atoms with van der Waals surface area (Å²) in [4.78, 5) is 23.6. The molecule has 0 saturated carbocycles. The molecule has 0 spiro atoms. The van der Waals surface area contributed by atoms with E-state index in [1.54, 1.807) is 0 Å². The number of hydrogen-bond acceptors (Lipinski definition) is 4. The molecule has 0 saturated heterocycles. The van der Waals surface area contributed by atoms with Gasteiger partial charge in [0.15, 0.2) is 13.2 Å². The van der Waals surface area contributed by atoms with Gasteiger partial charge in [-0.25, -0.2) is 8.78 Å². The fraction of sp³-hybridized carbons (Fsp3) is 0.200. The average Bonchev–Trinajstić information content (AvgIpc) is 2.69. The SMILES string of the molecule is C=C(CCNC(=O)COc1ccc(Cl)c(F)c1)NC(=O)COc1ccc(Cl)c(F)c1. The van der Waals surface area contributed by atoms with E-state index in [1.165, 1.54) is 24.3 Å². The maximum absolute atomic E-state index is 13.3. The zero-order valence-electron chi connectivity index (χ0n) is 15.6. The third kappa shape index (κ3) is 7.88. The molecule has 0 aliphatic rings. The summed E-state index contributed by atoms with van der Waals surface area (Å²) in [6.45, 7) is 3.21. The van der Waals surface area contributed by atoms with E-state index in [2.05, 4.69) is 17.2 Å². The number of carbonyl (C=O) groups excluding carboxylic acids is 2. The summed E-state index contributed by atoms with van der Waals surface area (Å²) in [6, 6.07) is 7.66. The molecular weight excluding hydrogens is 441 g/mol. The first kappa shape index (κ1) is 23.4. The molecule has 2 N–H and O–H groups in total. The summed E-state index contributed by atoms with van der Waals surface area (Å²) >= 11 is 11.1. The third-order valence-corrected chi connectivity index (χ3v) is 4.20. The van der Waals surface area contributed by atoms with Gasteiger partial charge in [0.1, 0.15) is 23.1 Å². The molecule has 0 heterocycles. The van der Waals surface area contributed by atoms with Crippen molar-refractivity contribution in [3.05, 3.63) is 70.4 Å². The van der Waals surface area contributed by atoms with Crippen LogP contribution in [0.4, 0.5) is 8.78 Å². The molecule has 0 bridgehead atoms. The Kier molecular flexibility index (Phi) is 8.89. The molecule has 2 aromatic carbocycles. The number of ether oxygens (including phenoxy) is 2. The number of rotatable bonds is 10. The Labute approximate surface area is 181 Å². The number of benzene rings is 2. The van der Waals surface area contributed by atoms with Crippen LogP contribution in [-0.4, -0.2) is 31.6 Å². The van der Waals surface area contributed by atoms with Gasteiger partial charge in [-0.15, -0.1) is 0 Å². The van der Waals surface area contributed by atoms with Gasteiger partial charge in [-0.1, -0.05) is 29.8 Å². The molecule has 0 unspecified atom stereocenters. The molecule has 2 amide bonds. The van der Waals surface area contributed by atoms with E-state index in [-0.39, 0.29) is 47.7 Å². The minimum absolute atomic E-state index is 0.0434. The highest BCUT2D eigenvalue weighted by atomic mass is 35.5. The predicted molar refractivity (Wildman–Crippen MR) is 109 cm³/mol. The molecule has 2 aromatic rings. The van der Waals surface area contributed by atoms with Crippen LogP contribution in [0.5, 0.6) is 11.5 Å². The highest BCUT2D eigenvalue weighted by molar-refractivity contribution is 6.31. The van der Waals surface area contributed by atoms with Crippen LogP contribution in [0, 0.1) is 11.6 Å². The first-order valence-electron chi connectivity index (χ1n) is 8.64. The summed E-state index contributed by atoms with van der Waals surface area (Å²) in [5.74, 6) is -1.89. The molecule has 0 atom stereocenters. The highest BCUT2D eigenvalue weighted by Gasteiger charge is 2.08. The van der Waals surface area contributed by atoms with Crippen LogP contribution in [-0.2, 0) is 9.59 Å². The number of amides is 2. The molecule has 2 rings (SSSR count). The van der Waals surface area contributed by atoms with E-state index in [1.807, 2.05) is 0 Å². The average molecular weight is 459 g/mol. The molecular formula is C20H18Cl2F2N2O4. The van der Waals surface area contributed by atoms with Gasteiger partial charge < -0.3 is 20.1 Å². The summed E-state index contributed by atoms with van der Waals surface area (Å²) in [5.41, 5.74) is 0.354.